The van der Waals surface area contributed by atoms with E-state index in [1.54, 1.807) is 6.07 Å². The first-order chi connectivity index (χ1) is 13.0. The van der Waals surface area contributed by atoms with Gasteiger partial charge in [0.2, 0.25) is 11.8 Å². The number of nitrogens with one attached hydrogen (secondary N) is 1. The van der Waals surface area contributed by atoms with Gasteiger partial charge >= 0.3 is 6.18 Å². The van der Waals surface area contributed by atoms with E-state index in [4.69, 9.17) is 4.52 Å². The fourth-order valence-corrected chi connectivity index (χ4v) is 2.85. The first kappa shape index (κ1) is 19.8. The number of halogens is 3. The summed E-state index contributed by atoms with van der Waals surface area (Å²) in [6.07, 6.45) is -3.30. The van der Waals surface area contributed by atoms with Gasteiger partial charge in [-0.1, -0.05) is 25.9 Å². The smallest absolute Gasteiger partial charge is 0.359 e. The van der Waals surface area contributed by atoms with E-state index < -0.39 is 23.8 Å². The molecule has 1 fully saturated rings. The molecule has 0 unspecified atom stereocenters. The highest BCUT2D eigenvalue weighted by Gasteiger charge is 2.38. The third-order valence-corrected chi connectivity index (χ3v) is 4.33. The van der Waals surface area contributed by atoms with Crippen LogP contribution in [0, 0.1) is 0 Å². The van der Waals surface area contributed by atoms with Gasteiger partial charge in [-0.3, -0.25) is 14.5 Å². The summed E-state index contributed by atoms with van der Waals surface area (Å²) in [5.41, 5.74) is -1.23. The lowest BCUT2D eigenvalue weighted by Crippen LogP contribution is -2.42. The van der Waals surface area contributed by atoms with Crippen molar-refractivity contribution in [2.75, 3.05) is 10.2 Å². The Kier molecular flexibility index (Phi) is 4.90. The summed E-state index contributed by atoms with van der Waals surface area (Å²) in [6, 6.07) is 2.63. The van der Waals surface area contributed by atoms with E-state index in [0.29, 0.717) is 5.76 Å². The summed E-state index contributed by atoms with van der Waals surface area (Å²) in [4.78, 5) is 29.4. The molecule has 1 aliphatic rings. The molecule has 2 aromatic heterocycles. The molecular weight excluding hydrogens is 377 g/mol. The number of nitrogens with zero attached hydrogens (tertiary/aromatic N) is 3. The van der Waals surface area contributed by atoms with Gasteiger partial charge in [0.05, 0.1) is 11.9 Å². The second kappa shape index (κ2) is 6.92. The number of carbonyl (C=O) groups is 2. The summed E-state index contributed by atoms with van der Waals surface area (Å²) in [6.45, 7) is 5.77. The highest BCUT2D eigenvalue weighted by molar-refractivity contribution is 6.07. The molecule has 10 heteroatoms. The molecule has 0 saturated carbocycles. The number of hydrogen-bond donors (Lipinski definition) is 1. The number of alkyl halides is 3. The van der Waals surface area contributed by atoms with Gasteiger partial charge in [0.1, 0.15) is 17.5 Å². The maximum Gasteiger partial charge on any atom is 0.433 e. The molecule has 3 heterocycles. The predicted molar refractivity (Wildman–Crippen MR) is 93.6 cm³/mol. The number of pyridine rings is 1. The molecule has 2 aromatic rings. The first-order valence-electron chi connectivity index (χ1n) is 8.60. The lowest BCUT2D eigenvalue weighted by molar-refractivity contribution is -0.141. The zero-order chi connectivity index (χ0) is 20.7. The van der Waals surface area contributed by atoms with Crippen LogP contribution in [-0.4, -0.2) is 28.0 Å². The molecule has 0 bridgehead atoms. The maximum atomic E-state index is 12.7. The molecule has 0 spiro atoms. The molecular formula is C18H19F3N4O3. The van der Waals surface area contributed by atoms with Crippen molar-refractivity contribution in [3.05, 3.63) is 35.9 Å². The van der Waals surface area contributed by atoms with Crippen LogP contribution in [0.4, 0.5) is 24.7 Å². The second-order valence-corrected chi connectivity index (χ2v) is 7.53. The maximum absolute atomic E-state index is 12.7. The number of carbonyl (C=O) groups excluding carboxylic acids is 2. The Morgan fingerprint density at radius 2 is 2.00 bits per heavy atom. The molecule has 7 nitrogen and oxygen atoms in total. The Hall–Kier alpha value is -2.91. The van der Waals surface area contributed by atoms with Crippen molar-refractivity contribution < 1.29 is 27.3 Å². The van der Waals surface area contributed by atoms with Gasteiger partial charge < -0.3 is 9.84 Å². The lowest BCUT2D eigenvalue weighted by atomic mass is 9.93. The molecule has 1 saturated heterocycles. The van der Waals surface area contributed by atoms with Crippen LogP contribution >= 0.6 is 0 Å². The van der Waals surface area contributed by atoms with Crippen molar-refractivity contribution in [2.24, 2.45) is 0 Å². The van der Waals surface area contributed by atoms with Crippen LogP contribution in [0.2, 0.25) is 0 Å². The monoisotopic (exact) mass is 396 g/mol. The van der Waals surface area contributed by atoms with Crippen molar-refractivity contribution in [3.63, 3.8) is 0 Å². The third kappa shape index (κ3) is 4.00. The summed E-state index contributed by atoms with van der Waals surface area (Å²) in [7, 11) is 0. The average Bonchev–Trinajstić information content (AvgIpc) is 3.20. The van der Waals surface area contributed by atoms with Gasteiger partial charge in [-0.25, -0.2) is 4.98 Å². The molecule has 0 aliphatic carbocycles. The lowest BCUT2D eigenvalue weighted by Gasteiger charge is -2.23. The van der Waals surface area contributed by atoms with Crippen LogP contribution in [0.5, 0.6) is 0 Å². The quantitative estimate of drug-likeness (QED) is 0.858. The molecule has 0 radical (unpaired) electrons. The molecule has 1 atom stereocenters. The van der Waals surface area contributed by atoms with Crippen LogP contribution in [0.15, 0.2) is 28.9 Å². The third-order valence-electron chi connectivity index (χ3n) is 4.33. The fraction of sp³-hybridized carbons (Fsp3) is 0.444. The van der Waals surface area contributed by atoms with Crippen LogP contribution in [0.3, 0.4) is 0 Å². The van der Waals surface area contributed by atoms with E-state index in [-0.39, 0.29) is 35.7 Å². The summed E-state index contributed by atoms with van der Waals surface area (Å²) in [5.74, 6) is -0.0781. The normalized spacial score (nSPS) is 17.9. The highest BCUT2D eigenvalue weighted by atomic mass is 19.4. The van der Waals surface area contributed by atoms with Gasteiger partial charge in [-0.05, 0) is 18.6 Å². The summed E-state index contributed by atoms with van der Waals surface area (Å²) in [5, 5.41) is 6.40. The van der Waals surface area contributed by atoms with E-state index in [1.807, 2.05) is 20.8 Å². The van der Waals surface area contributed by atoms with Crippen LogP contribution in [0.1, 0.15) is 45.1 Å². The van der Waals surface area contributed by atoms with Crippen LogP contribution in [-0.2, 0) is 21.2 Å². The van der Waals surface area contributed by atoms with E-state index in [1.165, 1.54) is 0 Å². The highest BCUT2D eigenvalue weighted by Crippen LogP contribution is 2.31. The van der Waals surface area contributed by atoms with Crippen molar-refractivity contribution >= 4 is 23.3 Å². The first-order valence-corrected chi connectivity index (χ1v) is 8.60. The van der Waals surface area contributed by atoms with E-state index >= 15 is 0 Å². The van der Waals surface area contributed by atoms with Crippen molar-refractivity contribution in [3.8, 4) is 0 Å². The molecule has 28 heavy (non-hydrogen) atoms. The van der Waals surface area contributed by atoms with Gasteiger partial charge in [-0.2, -0.15) is 13.2 Å². The minimum absolute atomic E-state index is 0.102. The Bertz CT molecular complexity index is 885. The summed E-state index contributed by atoms with van der Waals surface area (Å²) >= 11 is 0. The number of amides is 2. The molecule has 1 aliphatic heterocycles. The Morgan fingerprint density at radius 3 is 2.54 bits per heavy atom. The second-order valence-electron chi connectivity index (χ2n) is 7.53. The zero-order valence-electron chi connectivity index (χ0n) is 15.5. The van der Waals surface area contributed by atoms with Crippen molar-refractivity contribution in [1.82, 2.24) is 10.1 Å². The minimum atomic E-state index is -4.58. The van der Waals surface area contributed by atoms with Gasteiger partial charge in [0.25, 0.3) is 0 Å². The number of aromatic nitrogens is 2. The Balaban J connectivity index is 1.78. The van der Waals surface area contributed by atoms with E-state index in [2.05, 4.69) is 15.5 Å². The van der Waals surface area contributed by atoms with Gasteiger partial charge in [0.15, 0.2) is 5.82 Å². The van der Waals surface area contributed by atoms with E-state index in [0.717, 1.165) is 23.2 Å². The van der Waals surface area contributed by atoms with Crippen molar-refractivity contribution in [1.29, 1.82) is 0 Å². The van der Waals surface area contributed by atoms with Crippen LogP contribution in [0.25, 0.3) is 0 Å². The number of anilines is 2. The van der Waals surface area contributed by atoms with Crippen molar-refractivity contribution in [2.45, 2.75) is 51.2 Å². The molecule has 1 N–H and O–H groups in total. The minimum Gasteiger partial charge on any atom is -0.359 e. The SMILES string of the molecule is CC(C)(C)c1cc(NC(=O)[C@@H]2CCC(=O)N2c2ccc(C(F)(F)F)nc2)no1. The Morgan fingerprint density at radius 1 is 1.29 bits per heavy atom. The van der Waals surface area contributed by atoms with E-state index in [9.17, 15) is 22.8 Å². The molecule has 3 rings (SSSR count). The zero-order valence-corrected chi connectivity index (χ0v) is 15.5. The van der Waals surface area contributed by atoms with Crippen LogP contribution < -0.4 is 10.2 Å². The van der Waals surface area contributed by atoms with Gasteiger partial charge in [0, 0.05) is 17.9 Å². The standard InChI is InChI=1S/C18H19F3N4O3/c1-17(2,3)13-8-14(24-28-13)23-16(27)11-5-7-15(26)25(11)10-4-6-12(22-9-10)18(19,20)21/h4,6,8-9,11H,5,7H2,1-3H3,(H,23,24,27)/t11-/m0/s1. The fourth-order valence-electron chi connectivity index (χ4n) is 2.85. The molecule has 2 amide bonds. The summed E-state index contributed by atoms with van der Waals surface area (Å²) < 4.78 is 43.3. The molecule has 150 valence electrons. The predicted octanol–water partition coefficient (Wildman–Crippen LogP) is 3.52. The topological polar surface area (TPSA) is 88.3 Å². The number of hydrogen-bond acceptors (Lipinski definition) is 5. The number of rotatable bonds is 3. The van der Waals surface area contributed by atoms with Gasteiger partial charge in [-0.15, -0.1) is 0 Å². The molecule has 0 aromatic carbocycles. The Labute approximate surface area is 158 Å². The largest absolute Gasteiger partial charge is 0.433 e. The average molecular weight is 396 g/mol.